The first kappa shape index (κ1) is 14.4. The van der Waals surface area contributed by atoms with Gasteiger partial charge in [-0.05, 0) is 12.8 Å². The number of carbonyl (C=O) groups is 1. The summed E-state index contributed by atoms with van der Waals surface area (Å²) in [6.45, 7) is 4.16. The highest BCUT2D eigenvalue weighted by Crippen LogP contribution is 2.07. The van der Waals surface area contributed by atoms with Gasteiger partial charge in [0.25, 0.3) is 0 Å². The lowest BCUT2D eigenvalue weighted by atomic mass is 10.1. The Morgan fingerprint density at radius 2 is 1.60 bits per heavy atom. The van der Waals surface area contributed by atoms with Crippen LogP contribution in [0.4, 0.5) is 0 Å². The lowest BCUT2D eigenvalue weighted by Gasteiger charge is -1.97. The van der Waals surface area contributed by atoms with Gasteiger partial charge in [0.05, 0.1) is 0 Å². The van der Waals surface area contributed by atoms with Gasteiger partial charge in [0.2, 0.25) is 0 Å². The third-order valence-corrected chi connectivity index (χ3v) is 2.63. The van der Waals surface area contributed by atoms with Crippen molar-refractivity contribution in [3.8, 4) is 0 Å². The molecule has 0 aromatic heterocycles. The van der Waals surface area contributed by atoms with Crippen LogP contribution in [0, 0.1) is 0 Å². The van der Waals surface area contributed by atoms with Gasteiger partial charge in [-0.1, -0.05) is 58.1 Å². The third kappa shape index (κ3) is 11.3. The second-order valence-electron chi connectivity index (χ2n) is 4.12. The summed E-state index contributed by atoms with van der Waals surface area (Å²) in [4.78, 5) is 11.0. The standard InChI is InChI=1S/C14H26O/c1-3-5-6-7-8-9-10-11-12-13-14(15)4-2/h11-12H,3-10,13H2,1-2H3/b12-11+. The molecule has 15 heavy (non-hydrogen) atoms. The molecule has 0 N–H and O–H groups in total. The first-order valence-corrected chi connectivity index (χ1v) is 6.48. The van der Waals surface area contributed by atoms with Crippen LogP contribution in [0.5, 0.6) is 0 Å². The van der Waals surface area contributed by atoms with Crippen molar-refractivity contribution in [1.82, 2.24) is 0 Å². The average molecular weight is 210 g/mol. The molecule has 0 aromatic carbocycles. The molecule has 0 spiro atoms. The van der Waals surface area contributed by atoms with E-state index in [1.165, 1.54) is 38.5 Å². The molecule has 0 amide bonds. The second-order valence-corrected chi connectivity index (χ2v) is 4.12. The monoisotopic (exact) mass is 210 g/mol. The molecule has 0 radical (unpaired) electrons. The zero-order valence-electron chi connectivity index (χ0n) is 10.4. The van der Waals surface area contributed by atoms with E-state index in [2.05, 4.69) is 13.0 Å². The molecule has 0 rings (SSSR count). The number of carbonyl (C=O) groups excluding carboxylic acids is 1. The topological polar surface area (TPSA) is 17.1 Å². The van der Waals surface area contributed by atoms with E-state index in [0.717, 1.165) is 6.42 Å². The van der Waals surface area contributed by atoms with Crippen LogP contribution >= 0.6 is 0 Å². The Kier molecular flexibility index (Phi) is 11.0. The smallest absolute Gasteiger partial charge is 0.136 e. The fraction of sp³-hybridized carbons (Fsp3) is 0.786. The van der Waals surface area contributed by atoms with Gasteiger partial charge < -0.3 is 0 Å². The van der Waals surface area contributed by atoms with Gasteiger partial charge in [0, 0.05) is 12.8 Å². The number of hydrogen-bond acceptors (Lipinski definition) is 1. The highest BCUT2D eigenvalue weighted by molar-refractivity contribution is 5.79. The van der Waals surface area contributed by atoms with E-state index >= 15 is 0 Å². The second kappa shape index (κ2) is 11.5. The number of Topliss-reactive ketones (excluding diaryl/α,β-unsaturated/α-hetero) is 1. The van der Waals surface area contributed by atoms with Crippen LogP contribution in [0.25, 0.3) is 0 Å². The lowest BCUT2D eigenvalue weighted by molar-refractivity contribution is -0.117. The molecule has 0 heterocycles. The van der Waals surface area contributed by atoms with Gasteiger partial charge in [-0.25, -0.2) is 0 Å². The average Bonchev–Trinajstić information content (AvgIpc) is 2.26. The van der Waals surface area contributed by atoms with Crippen LogP contribution in [0.1, 0.15) is 71.6 Å². The summed E-state index contributed by atoms with van der Waals surface area (Å²) in [5.41, 5.74) is 0. The van der Waals surface area contributed by atoms with Crippen molar-refractivity contribution >= 4 is 5.78 Å². The molecule has 0 saturated heterocycles. The van der Waals surface area contributed by atoms with E-state index in [1.807, 2.05) is 13.0 Å². The zero-order valence-corrected chi connectivity index (χ0v) is 10.4. The molecule has 88 valence electrons. The van der Waals surface area contributed by atoms with Gasteiger partial charge in [0.1, 0.15) is 5.78 Å². The molecule has 0 aliphatic heterocycles. The van der Waals surface area contributed by atoms with E-state index in [1.54, 1.807) is 0 Å². The Bertz CT molecular complexity index is 170. The van der Waals surface area contributed by atoms with Gasteiger partial charge in [-0.2, -0.15) is 0 Å². The highest BCUT2D eigenvalue weighted by Gasteiger charge is 1.92. The summed E-state index contributed by atoms with van der Waals surface area (Å²) in [7, 11) is 0. The molecular formula is C14H26O. The predicted octanol–water partition coefficient (Wildman–Crippen LogP) is 4.66. The van der Waals surface area contributed by atoms with Crippen molar-refractivity contribution in [2.24, 2.45) is 0 Å². The predicted molar refractivity (Wildman–Crippen MR) is 67.0 cm³/mol. The highest BCUT2D eigenvalue weighted by atomic mass is 16.1. The van der Waals surface area contributed by atoms with Crippen LogP contribution in [0.3, 0.4) is 0 Å². The summed E-state index contributed by atoms with van der Waals surface area (Å²) in [5.74, 6) is 0.342. The molecule has 0 bridgehead atoms. The lowest BCUT2D eigenvalue weighted by Crippen LogP contribution is -1.90. The van der Waals surface area contributed by atoms with Crippen molar-refractivity contribution in [3.05, 3.63) is 12.2 Å². The van der Waals surface area contributed by atoms with Crippen molar-refractivity contribution in [2.75, 3.05) is 0 Å². The van der Waals surface area contributed by atoms with Gasteiger partial charge in [-0.3, -0.25) is 4.79 Å². The number of allylic oxidation sites excluding steroid dienone is 2. The van der Waals surface area contributed by atoms with Crippen LogP contribution in [0.2, 0.25) is 0 Å². The molecule has 0 saturated carbocycles. The van der Waals surface area contributed by atoms with E-state index in [4.69, 9.17) is 0 Å². The van der Waals surface area contributed by atoms with Crippen molar-refractivity contribution in [2.45, 2.75) is 71.6 Å². The summed E-state index contributed by atoms with van der Waals surface area (Å²) in [6, 6.07) is 0. The summed E-state index contributed by atoms with van der Waals surface area (Å²) >= 11 is 0. The van der Waals surface area contributed by atoms with E-state index in [9.17, 15) is 4.79 Å². The largest absolute Gasteiger partial charge is 0.299 e. The normalized spacial score (nSPS) is 11.1. The van der Waals surface area contributed by atoms with Gasteiger partial charge in [0.15, 0.2) is 0 Å². The molecule has 0 fully saturated rings. The number of rotatable bonds is 10. The quantitative estimate of drug-likeness (QED) is 0.378. The Labute approximate surface area is 95.0 Å². The Morgan fingerprint density at radius 1 is 0.933 bits per heavy atom. The third-order valence-electron chi connectivity index (χ3n) is 2.63. The summed E-state index contributed by atoms with van der Waals surface area (Å²) < 4.78 is 0. The molecule has 0 unspecified atom stereocenters. The summed E-state index contributed by atoms with van der Waals surface area (Å²) in [6.07, 6.45) is 14.7. The molecule has 0 atom stereocenters. The van der Waals surface area contributed by atoms with Crippen LogP contribution in [-0.4, -0.2) is 5.78 Å². The first-order valence-electron chi connectivity index (χ1n) is 6.48. The molecule has 0 aliphatic carbocycles. The van der Waals surface area contributed by atoms with Crippen LogP contribution in [-0.2, 0) is 4.79 Å². The molecular weight excluding hydrogens is 184 g/mol. The maximum atomic E-state index is 11.0. The maximum Gasteiger partial charge on any atom is 0.136 e. The minimum Gasteiger partial charge on any atom is -0.299 e. The minimum atomic E-state index is 0.342. The van der Waals surface area contributed by atoms with Gasteiger partial charge in [-0.15, -0.1) is 0 Å². The van der Waals surface area contributed by atoms with E-state index in [-0.39, 0.29) is 0 Å². The number of hydrogen-bond donors (Lipinski definition) is 0. The summed E-state index contributed by atoms with van der Waals surface area (Å²) in [5, 5.41) is 0. The van der Waals surface area contributed by atoms with Crippen LogP contribution in [0.15, 0.2) is 12.2 Å². The SMILES string of the molecule is CCCCCCCC/C=C/CC(=O)CC. The van der Waals surface area contributed by atoms with E-state index in [0.29, 0.717) is 18.6 Å². The minimum absolute atomic E-state index is 0.342. The van der Waals surface area contributed by atoms with Crippen molar-refractivity contribution in [3.63, 3.8) is 0 Å². The Morgan fingerprint density at radius 3 is 2.27 bits per heavy atom. The zero-order chi connectivity index (χ0) is 11.4. The molecule has 0 aromatic rings. The molecule has 1 nitrogen and oxygen atoms in total. The fourth-order valence-corrected chi connectivity index (χ4v) is 1.52. The van der Waals surface area contributed by atoms with Crippen molar-refractivity contribution < 1.29 is 4.79 Å². The van der Waals surface area contributed by atoms with E-state index < -0.39 is 0 Å². The first-order chi connectivity index (χ1) is 7.31. The van der Waals surface area contributed by atoms with Gasteiger partial charge >= 0.3 is 0 Å². The molecule has 1 heteroatoms. The van der Waals surface area contributed by atoms with Crippen molar-refractivity contribution in [1.29, 1.82) is 0 Å². The number of ketones is 1. The Balaban J connectivity index is 3.13. The fourth-order valence-electron chi connectivity index (χ4n) is 1.52. The maximum absolute atomic E-state index is 11.0. The molecule has 0 aliphatic rings. The van der Waals surface area contributed by atoms with Crippen LogP contribution < -0.4 is 0 Å². The Hall–Kier alpha value is -0.590. The number of unbranched alkanes of at least 4 members (excludes halogenated alkanes) is 6.